The van der Waals surface area contributed by atoms with Crippen LogP contribution in [0.1, 0.15) is 39.0 Å². The molecule has 0 aliphatic carbocycles. The van der Waals surface area contributed by atoms with Crippen molar-refractivity contribution in [3.63, 3.8) is 0 Å². The summed E-state index contributed by atoms with van der Waals surface area (Å²) >= 11 is 0. The number of nitrogens with zero attached hydrogens (tertiary/aromatic N) is 1. The molecule has 1 aromatic heterocycles. The number of amides is 2. The number of carbonyl (C=O) groups is 2. The van der Waals surface area contributed by atoms with Gasteiger partial charge in [0.1, 0.15) is 17.1 Å². The zero-order chi connectivity index (χ0) is 20.8. The number of aromatic nitrogens is 1. The first kappa shape index (κ1) is 20.1. The predicted octanol–water partition coefficient (Wildman–Crippen LogP) is 4.47. The van der Waals surface area contributed by atoms with Crippen LogP contribution >= 0.6 is 0 Å². The van der Waals surface area contributed by atoms with Gasteiger partial charge in [-0.15, -0.1) is 0 Å². The van der Waals surface area contributed by atoms with Crippen molar-refractivity contribution in [3.05, 3.63) is 83.2 Å². The van der Waals surface area contributed by atoms with Crippen LogP contribution in [0.3, 0.4) is 0 Å². The van der Waals surface area contributed by atoms with Crippen LogP contribution in [0.25, 0.3) is 0 Å². The molecule has 0 aliphatic rings. The Morgan fingerprint density at radius 3 is 2.14 bits per heavy atom. The number of hydrogen-bond acceptors (Lipinski definition) is 4. The third-order valence-electron chi connectivity index (χ3n) is 4.54. The van der Waals surface area contributed by atoms with E-state index in [-0.39, 0.29) is 17.3 Å². The average Bonchev–Trinajstić information content (AvgIpc) is 2.75. The van der Waals surface area contributed by atoms with Crippen molar-refractivity contribution < 1.29 is 14.3 Å². The fourth-order valence-corrected chi connectivity index (χ4v) is 2.94. The Morgan fingerprint density at radius 2 is 1.52 bits per heavy atom. The summed E-state index contributed by atoms with van der Waals surface area (Å²) in [7, 11) is 1.58. The van der Waals surface area contributed by atoms with E-state index in [9.17, 15) is 9.59 Å². The molecule has 0 saturated carbocycles. The van der Waals surface area contributed by atoms with Crippen LogP contribution in [0.15, 0.2) is 60.7 Å². The van der Waals surface area contributed by atoms with E-state index in [2.05, 4.69) is 15.6 Å². The summed E-state index contributed by atoms with van der Waals surface area (Å²) in [5, 5.41) is 5.69. The Bertz CT molecular complexity index is 1030. The zero-order valence-corrected chi connectivity index (χ0v) is 16.7. The van der Waals surface area contributed by atoms with Crippen LogP contribution in [0.5, 0.6) is 5.75 Å². The van der Waals surface area contributed by atoms with Gasteiger partial charge in [-0.2, -0.15) is 0 Å². The minimum atomic E-state index is -0.394. The van der Waals surface area contributed by atoms with E-state index in [4.69, 9.17) is 4.74 Å². The average molecular weight is 389 g/mol. The number of anilines is 2. The molecule has 3 aromatic rings. The first-order valence-electron chi connectivity index (χ1n) is 9.34. The molecule has 0 radical (unpaired) electrons. The highest BCUT2D eigenvalue weighted by molar-refractivity contribution is 6.06. The molecule has 6 heteroatoms. The van der Waals surface area contributed by atoms with E-state index in [1.54, 1.807) is 49.6 Å². The summed E-state index contributed by atoms with van der Waals surface area (Å²) in [6.07, 6.45) is 0.801. The van der Waals surface area contributed by atoms with Crippen LogP contribution < -0.4 is 15.4 Å². The predicted molar refractivity (Wildman–Crippen MR) is 114 cm³/mol. The smallest absolute Gasteiger partial charge is 0.274 e. The third-order valence-corrected chi connectivity index (χ3v) is 4.54. The molecule has 2 amide bonds. The van der Waals surface area contributed by atoms with Crippen LogP contribution in [0.2, 0.25) is 0 Å². The summed E-state index contributed by atoms with van der Waals surface area (Å²) in [5.74, 6) is -0.0505. The fourth-order valence-electron chi connectivity index (χ4n) is 2.94. The molecular formula is C23H23N3O3. The maximum Gasteiger partial charge on any atom is 0.274 e. The van der Waals surface area contributed by atoms with Crippen molar-refractivity contribution in [1.82, 2.24) is 4.98 Å². The van der Waals surface area contributed by atoms with Gasteiger partial charge in [0.2, 0.25) is 0 Å². The van der Waals surface area contributed by atoms with Gasteiger partial charge < -0.3 is 15.4 Å². The van der Waals surface area contributed by atoms with Crippen molar-refractivity contribution in [2.75, 3.05) is 17.7 Å². The highest BCUT2D eigenvalue weighted by atomic mass is 16.5. The quantitative estimate of drug-likeness (QED) is 0.652. The number of nitrogens with one attached hydrogen (secondary N) is 2. The molecule has 2 aromatic carbocycles. The van der Waals surface area contributed by atoms with E-state index >= 15 is 0 Å². The molecule has 0 spiro atoms. The minimum Gasteiger partial charge on any atom is -0.497 e. The first-order valence-corrected chi connectivity index (χ1v) is 9.34. The van der Waals surface area contributed by atoms with Crippen molar-refractivity contribution in [2.45, 2.75) is 20.3 Å². The number of rotatable bonds is 6. The topological polar surface area (TPSA) is 80.3 Å². The standard InChI is InChI=1S/C23H23N3O3/c1-4-16-8-5-7-15(2)21(16)26-23(28)20-10-6-9-19(25-20)22(27)24-17-11-13-18(29-3)14-12-17/h5-14H,4H2,1-3H3,(H,24,27)(H,26,28). The van der Waals surface area contributed by atoms with Gasteiger partial charge in [-0.05, 0) is 60.9 Å². The highest BCUT2D eigenvalue weighted by Crippen LogP contribution is 2.22. The summed E-state index contributed by atoms with van der Waals surface area (Å²) in [6.45, 7) is 3.98. The highest BCUT2D eigenvalue weighted by Gasteiger charge is 2.15. The molecule has 3 rings (SSSR count). The number of pyridine rings is 1. The van der Waals surface area contributed by atoms with Crippen molar-refractivity contribution in [1.29, 1.82) is 0 Å². The molecule has 0 bridgehead atoms. The normalized spacial score (nSPS) is 10.3. The molecule has 1 heterocycles. The Labute approximate surface area is 169 Å². The Hall–Kier alpha value is -3.67. The van der Waals surface area contributed by atoms with E-state index in [0.29, 0.717) is 11.4 Å². The molecule has 0 aliphatic heterocycles. The van der Waals surface area contributed by atoms with Crippen LogP contribution in [-0.2, 0) is 6.42 Å². The van der Waals surface area contributed by atoms with Gasteiger partial charge in [0.05, 0.1) is 7.11 Å². The number of aryl methyl sites for hydroxylation is 2. The second-order valence-corrected chi connectivity index (χ2v) is 6.51. The maximum absolute atomic E-state index is 12.7. The minimum absolute atomic E-state index is 0.161. The fraction of sp³-hybridized carbons (Fsp3) is 0.174. The molecule has 0 atom stereocenters. The Morgan fingerprint density at radius 1 is 0.897 bits per heavy atom. The summed E-state index contributed by atoms with van der Waals surface area (Å²) in [5.41, 5.74) is 3.76. The molecule has 29 heavy (non-hydrogen) atoms. The molecule has 2 N–H and O–H groups in total. The maximum atomic E-state index is 12.7. The van der Waals surface area contributed by atoms with Gasteiger partial charge in [0.25, 0.3) is 11.8 Å². The number of benzene rings is 2. The van der Waals surface area contributed by atoms with E-state index < -0.39 is 5.91 Å². The Kier molecular flexibility index (Phi) is 6.24. The van der Waals surface area contributed by atoms with Gasteiger partial charge in [0, 0.05) is 11.4 Å². The summed E-state index contributed by atoms with van der Waals surface area (Å²) in [6, 6.07) is 17.7. The molecule has 0 fully saturated rings. The lowest BCUT2D eigenvalue weighted by atomic mass is 10.1. The number of carbonyl (C=O) groups excluding carboxylic acids is 2. The summed E-state index contributed by atoms with van der Waals surface area (Å²) < 4.78 is 5.11. The van der Waals surface area contributed by atoms with Crippen LogP contribution in [0, 0.1) is 6.92 Å². The van der Waals surface area contributed by atoms with Gasteiger partial charge >= 0.3 is 0 Å². The van der Waals surface area contributed by atoms with E-state index in [0.717, 1.165) is 23.2 Å². The Balaban J connectivity index is 1.76. The number of methoxy groups -OCH3 is 1. The van der Waals surface area contributed by atoms with Crippen molar-refractivity contribution >= 4 is 23.2 Å². The van der Waals surface area contributed by atoms with Gasteiger partial charge in [-0.1, -0.05) is 31.2 Å². The van der Waals surface area contributed by atoms with Crippen molar-refractivity contribution in [2.24, 2.45) is 0 Å². The lowest BCUT2D eigenvalue weighted by Gasteiger charge is -2.13. The largest absolute Gasteiger partial charge is 0.497 e. The molecule has 148 valence electrons. The molecule has 0 unspecified atom stereocenters. The lowest BCUT2D eigenvalue weighted by Crippen LogP contribution is -2.19. The number of hydrogen-bond donors (Lipinski definition) is 2. The van der Waals surface area contributed by atoms with Gasteiger partial charge in [-0.3, -0.25) is 9.59 Å². The van der Waals surface area contributed by atoms with E-state index in [1.807, 2.05) is 32.0 Å². The first-order chi connectivity index (χ1) is 14.0. The second kappa shape index (κ2) is 9.01. The van der Waals surface area contributed by atoms with Gasteiger partial charge in [-0.25, -0.2) is 4.98 Å². The molecule has 6 nitrogen and oxygen atoms in total. The van der Waals surface area contributed by atoms with E-state index in [1.165, 1.54) is 0 Å². The second-order valence-electron chi connectivity index (χ2n) is 6.51. The zero-order valence-electron chi connectivity index (χ0n) is 16.7. The molecular weight excluding hydrogens is 366 g/mol. The van der Waals surface area contributed by atoms with Gasteiger partial charge in [0.15, 0.2) is 0 Å². The van der Waals surface area contributed by atoms with Crippen LogP contribution in [0.4, 0.5) is 11.4 Å². The number of ether oxygens (including phenoxy) is 1. The summed E-state index contributed by atoms with van der Waals surface area (Å²) in [4.78, 5) is 29.5. The monoisotopic (exact) mass is 389 g/mol. The van der Waals surface area contributed by atoms with Crippen molar-refractivity contribution in [3.8, 4) is 5.75 Å². The number of para-hydroxylation sites is 1. The SMILES string of the molecule is CCc1cccc(C)c1NC(=O)c1cccc(C(=O)Nc2ccc(OC)cc2)n1. The third kappa shape index (κ3) is 4.79. The van der Waals surface area contributed by atoms with Crippen LogP contribution in [-0.4, -0.2) is 23.9 Å². The molecule has 0 saturated heterocycles. The lowest BCUT2D eigenvalue weighted by molar-refractivity contribution is 0.101.